The number of nitrogens with one attached hydrogen (secondary N) is 1. The molecule has 6 heteroatoms. The van der Waals surface area contributed by atoms with Crippen LogP contribution in [0.5, 0.6) is 0 Å². The number of amides is 2. The number of anilines is 1. The number of para-hydroxylation sites is 1. The highest BCUT2D eigenvalue weighted by molar-refractivity contribution is 14.1. The highest BCUT2D eigenvalue weighted by Crippen LogP contribution is 2.33. The Morgan fingerprint density at radius 2 is 1.62 bits per heavy atom. The van der Waals surface area contributed by atoms with Gasteiger partial charge in [0, 0.05) is 5.39 Å². The quantitative estimate of drug-likeness (QED) is 0.514. The molecule has 0 atom stereocenters. The van der Waals surface area contributed by atoms with Gasteiger partial charge in [0.25, 0.3) is 11.8 Å². The monoisotopic (exact) mass is 389 g/mol. The van der Waals surface area contributed by atoms with Crippen LogP contribution in [-0.4, -0.2) is 22.0 Å². The molecular formula is C15H8IN3O2. The first-order valence-electron chi connectivity index (χ1n) is 6.29. The van der Waals surface area contributed by atoms with Crippen molar-refractivity contribution in [1.82, 2.24) is 10.2 Å². The van der Waals surface area contributed by atoms with Crippen LogP contribution in [0.2, 0.25) is 0 Å². The molecule has 0 bridgehead atoms. The molecule has 1 N–H and O–H groups in total. The van der Waals surface area contributed by atoms with Crippen LogP contribution in [0.25, 0.3) is 10.9 Å². The minimum Gasteiger partial charge on any atom is -0.271 e. The molecule has 1 aliphatic rings. The summed E-state index contributed by atoms with van der Waals surface area (Å²) in [5.74, 6) is -0.609. The van der Waals surface area contributed by atoms with Gasteiger partial charge in [0.15, 0.2) is 0 Å². The fraction of sp³-hybridized carbons (Fsp3) is 0. The van der Waals surface area contributed by atoms with Crippen molar-refractivity contribution in [2.45, 2.75) is 0 Å². The molecule has 1 aliphatic heterocycles. The van der Waals surface area contributed by atoms with E-state index < -0.39 is 0 Å². The van der Waals surface area contributed by atoms with Gasteiger partial charge < -0.3 is 0 Å². The number of hydrogen-bond donors (Lipinski definition) is 1. The lowest BCUT2D eigenvalue weighted by atomic mass is 10.1. The van der Waals surface area contributed by atoms with Gasteiger partial charge in [-0.05, 0) is 46.9 Å². The van der Waals surface area contributed by atoms with Crippen molar-refractivity contribution < 1.29 is 9.59 Å². The van der Waals surface area contributed by atoms with E-state index in [4.69, 9.17) is 0 Å². The number of hydrogen-bond acceptors (Lipinski definition) is 3. The summed E-state index contributed by atoms with van der Waals surface area (Å²) in [7, 11) is 0. The Kier molecular flexibility index (Phi) is 2.61. The Labute approximate surface area is 133 Å². The Balaban J connectivity index is 1.95. The number of fused-ring (bicyclic) bond motifs is 2. The average molecular weight is 389 g/mol. The molecule has 0 aliphatic carbocycles. The number of halogens is 1. The van der Waals surface area contributed by atoms with Gasteiger partial charge in [-0.25, -0.2) is 4.90 Å². The molecule has 2 amide bonds. The normalized spacial score (nSPS) is 14.0. The number of aromatic nitrogens is 2. The zero-order chi connectivity index (χ0) is 14.6. The lowest BCUT2D eigenvalue weighted by Crippen LogP contribution is -2.29. The molecule has 4 rings (SSSR count). The second-order valence-corrected chi connectivity index (χ2v) is 5.78. The maximum atomic E-state index is 12.5. The summed E-state index contributed by atoms with van der Waals surface area (Å²) in [6.45, 7) is 0. The number of rotatable bonds is 1. The minimum atomic E-state index is -0.305. The lowest BCUT2D eigenvalue weighted by molar-refractivity contribution is 0.0926. The zero-order valence-corrected chi connectivity index (χ0v) is 12.8. The van der Waals surface area contributed by atoms with E-state index in [0.29, 0.717) is 22.3 Å². The predicted molar refractivity (Wildman–Crippen MR) is 86.4 cm³/mol. The molecule has 21 heavy (non-hydrogen) atoms. The molecule has 1 aromatic heterocycles. The van der Waals surface area contributed by atoms with Gasteiger partial charge in [0.2, 0.25) is 0 Å². The summed E-state index contributed by atoms with van der Waals surface area (Å²) in [5.41, 5.74) is 2.00. The average Bonchev–Trinajstić information content (AvgIpc) is 3.00. The topological polar surface area (TPSA) is 66.1 Å². The molecule has 102 valence electrons. The van der Waals surface area contributed by atoms with Crippen LogP contribution in [0.3, 0.4) is 0 Å². The third-order valence-electron chi connectivity index (χ3n) is 3.55. The Hall–Kier alpha value is -2.22. The number of nitrogens with zero attached hydrogens (tertiary/aromatic N) is 2. The van der Waals surface area contributed by atoms with E-state index in [0.717, 1.165) is 9.09 Å². The molecule has 2 heterocycles. The van der Waals surface area contributed by atoms with Crippen LogP contribution in [0.1, 0.15) is 20.7 Å². The van der Waals surface area contributed by atoms with Crippen LogP contribution < -0.4 is 4.90 Å². The maximum Gasteiger partial charge on any atom is 0.266 e. The molecular weight excluding hydrogens is 381 g/mol. The van der Waals surface area contributed by atoms with Crippen molar-refractivity contribution in [1.29, 1.82) is 0 Å². The predicted octanol–water partition coefficient (Wildman–Crippen LogP) is 2.97. The van der Waals surface area contributed by atoms with E-state index in [-0.39, 0.29) is 11.8 Å². The van der Waals surface area contributed by atoms with E-state index in [2.05, 4.69) is 32.8 Å². The summed E-state index contributed by atoms with van der Waals surface area (Å²) in [6, 6.07) is 12.3. The molecule has 5 nitrogen and oxygen atoms in total. The Morgan fingerprint density at radius 3 is 2.29 bits per heavy atom. The van der Waals surface area contributed by atoms with Gasteiger partial charge in [0.1, 0.15) is 9.22 Å². The fourth-order valence-corrected chi connectivity index (χ4v) is 3.14. The first-order valence-corrected chi connectivity index (χ1v) is 7.37. The van der Waals surface area contributed by atoms with Crippen molar-refractivity contribution in [3.05, 3.63) is 57.3 Å². The second-order valence-electron chi connectivity index (χ2n) is 4.70. The van der Waals surface area contributed by atoms with Crippen LogP contribution in [0.15, 0.2) is 42.5 Å². The van der Waals surface area contributed by atoms with Gasteiger partial charge in [-0.1, -0.05) is 18.2 Å². The highest BCUT2D eigenvalue weighted by atomic mass is 127. The third kappa shape index (κ3) is 1.65. The van der Waals surface area contributed by atoms with Gasteiger partial charge in [-0.3, -0.25) is 14.7 Å². The molecule has 0 radical (unpaired) electrons. The number of benzene rings is 2. The van der Waals surface area contributed by atoms with Crippen molar-refractivity contribution in [2.24, 2.45) is 0 Å². The number of carbonyl (C=O) groups is 2. The SMILES string of the molecule is O=C1c2ccccc2C(=O)N1c1cccc2c(I)[nH]nc12. The third-order valence-corrected chi connectivity index (χ3v) is 4.37. The van der Waals surface area contributed by atoms with E-state index in [1.54, 1.807) is 30.3 Å². The molecule has 0 saturated carbocycles. The first-order chi connectivity index (χ1) is 10.2. The van der Waals surface area contributed by atoms with E-state index in [1.807, 2.05) is 12.1 Å². The van der Waals surface area contributed by atoms with Gasteiger partial charge >= 0.3 is 0 Å². The summed E-state index contributed by atoms with van der Waals surface area (Å²) in [4.78, 5) is 26.2. The van der Waals surface area contributed by atoms with Crippen LogP contribution in [-0.2, 0) is 0 Å². The molecule has 0 spiro atoms. The second kappa shape index (κ2) is 4.39. The number of carbonyl (C=O) groups excluding carboxylic acids is 2. The van der Waals surface area contributed by atoms with Crippen LogP contribution >= 0.6 is 22.6 Å². The highest BCUT2D eigenvalue weighted by Gasteiger charge is 2.37. The van der Waals surface area contributed by atoms with Crippen molar-refractivity contribution in [3.63, 3.8) is 0 Å². The van der Waals surface area contributed by atoms with Crippen LogP contribution in [0.4, 0.5) is 5.69 Å². The minimum absolute atomic E-state index is 0.305. The van der Waals surface area contributed by atoms with E-state index in [1.165, 1.54) is 4.90 Å². The first kappa shape index (κ1) is 12.5. The fourth-order valence-electron chi connectivity index (χ4n) is 2.58. The molecule has 3 aromatic rings. The van der Waals surface area contributed by atoms with Crippen molar-refractivity contribution >= 4 is 51.0 Å². The molecule has 0 saturated heterocycles. The molecule has 2 aromatic carbocycles. The number of imide groups is 1. The summed E-state index contributed by atoms with van der Waals surface area (Å²) >= 11 is 2.14. The summed E-state index contributed by atoms with van der Waals surface area (Å²) in [6.07, 6.45) is 0. The number of H-pyrrole nitrogens is 1. The maximum absolute atomic E-state index is 12.5. The van der Waals surface area contributed by atoms with Gasteiger partial charge in [-0.2, -0.15) is 5.10 Å². The lowest BCUT2D eigenvalue weighted by Gasteiger charge is -2.14. The van der Waals surface area contributed by atoms with Crippen LogP contribution in [0, 0.1) is 3.70 Å². The smallest absolute Gasteiger partial charge is 0.266 e. The Bertz CT molecular complexity index is 881. The number of aromatic amines is 1. The van der Waals surface area contributed by atoms with E-state index in [9.17, 15) is 9.59 Å². The van der Waals surface area contributed by atoms with Gasteiger partial charge in [-0.15, -0.1) is 0 Å². The van der Waals surface area contributed by atoms with Crippen molar-refractivity contribution in [3.8, 4) is 0 Å². The van der Waals surface area contributed by atoms with E-state index >= 15 is 0 Å². The largest absolute Gasteiger partial charge is 0.271 e. The van der Waals surface area contributed by atoms with Crippen molar-refractivity contribution in [2.75, 3.05) is 4.90 Å². The molecule has 0 unspecified atom stereocenters. The standard InChI is InChI=1S/C15H8IN3O2/c16-13-10-6-3-7-11(12(10)17-18-13)19-14(20)8-4-1-2-5-9(8)15(19)21/h1-7H,(H,17,18). The Morgan fingerprint density at radius 1 is 0.952 bits per heavy atom. The summed E-state index contributed by atoms with van der Waals surface area (Å²) in [5, 5.41) is 7.99. The summed E-state index contributed by atoms with van der Waals surface area (Å²) < 4.78 is 0.876. The van der Waals surface area contributed by atoms with Gasteiger partial charge in [0.05, 0.1) is 16.8 Å². The zero-order valence-electron chi connectivity index (χ0n) is 10.6. The molecule has 0 fully saturated rings.